The summed E-state index contributed by atoms with van der Waals surface area (Å²) in [6.07, 6.45) is 3.94. The van der Waals surface area contributed by atoms with E-state index in [1.54, 1.807) is 6.20 Å². The van der Waals surface area contributed by atoms with Gasteiger partial charge in [0.25, 0.3) is 0 Å². The van der Waals surface area contributed by atoms with Crippen LogP contribution in [0.25, 0.3) is 10.9 Å². The van der Waals surface area contributed by atoms with E-state index in [0.29, 0.717) is 11.2 Å². The highest BCUT2D eigenvalue weighted by atomic mass is 79.9. The highest BCUT2D eigenvalue weighted by Crippen LogP contribution is 2.33. The van der Waals surface area contributed by atoms with Gasteiger partial charge in [0.15, 0.2) is 0 Å². The number of piperidine rings is 1. The zero-order chi connectivity index (χ0) is 16.5. The maximum absolute atomic E-state index is 6.23. The third-order valence-corrected chi connectivity index (χ3v) is 5.53. The van der Waals surface area contributed by atoms with E-state index in [1.165, 1.54) is 5.56 Å². The molecule has 1 saturated heterocycles. The molecule has 3 aromatic rings. The van der Waals surface area contributed by atoms with Crippen LogP contribution in [-0.2, 0) is 6.54 Å². The number of benzene rings is 1. The average Bonchev–Trinajstić information content (AvgIpc) is 2.95. The molecule has 0 amide bonds. The molecule has 0 unspecified atom stereocenters. The Morgan fingerprint density at radius 3 is 2.62 bits per heavy atom. The monoisotopic (exact) mass is 404 g/mol. The highest BCUT2D eigenvalue weighted by molar-refractivity contribution is 9.10. The summed E-state index contributed by atoms with van der Waals surface area (Å²) in [6.45, 7) is 3.18. The molecule has 3 heterocycles. The standard InChI is InChI=1S/C18H18BrClN4/c19-17-16-15(6-9-21-18(16)20)24(22-17)14-7-10-23(11-8-14)12-13-4-2-1-3-5-13/h1-6,9,14H,7-8,10-12H2. The molecule has 124 valence electrons. The van der Waals surface area contributed by atoms with E-state index in [9.17, 15) is 0 Å². The van der Waals surface area contributed by atoms with E-state index in [2.05, 4.69) is 65.9 Å². The molecular formula is C18H18BrClN4. The summed E-state index contributed by atoms with van der Waals surface area (Å²) >= 11 is 9.75. The first-order valence-corrected chi connectivity index (χ1v) is 9.34. The summed E-state index contributed by atoms with van der Waals surface area (Å²) in [4.78, 5) is 6.67. The maximum atomic E-state index is 6.23. The van der Waals surface area contributed by atoms with Crippen molar-refractivity contribution in [2.24, 2.45) is 0 Å². The van der Waals surface area contributed by atoms with Crippen molar-refractivity contribution >= 4 is 38.4 Å². The summed E-state index contributed by atoms with van der Waals surface area (Å²) in [5.74, 6) is 0. The predicted octanol–water partition coefficient (Wildman–Crippen LogP) is 4.68. The van der Waals surface area contributed by atoms with E-state index in [1.807, 2.05) is 6.07 Å². The van der Waals surface area contributed by atoms with Crippen molar-refractivity contribution in [1.82, 2.24) is 19.7 Å². The molecule has 1 aliphatic rings. The van der Waals surface area contributed by atoms with Gasteiger partial charge in [-0.3, -0.25) is 9.58 Å². The zero-order valence-corrected chi connectivity index (χ0v) is 15.5. The Labute approximate surface area is 154 Å². The first-order valence-electron chi connectivity index (χ1n) is 8.17. The van der Waals surface area contributed by atoms with Crippen LogP contribution >= 0.6 is 27.5 Å². The van der Waals surface area contributed by atoms with Gasteiger partial charge in [-0.05, 0) is 40.4 Å². The second-order valence-corrected chi connectivity index (χ2v) is 7.33. The van der Waals surface area contributed by atoms with Crippen LogP contribution in [0.15, 0.2) is 47.2 Å². The van der Waals surface area contributed by atoms with Crippen LogP contribution in [0, 0.1) is 0 Å². The van der Waals surface area contributed by atoms with Crippen LogP contribution in [0.1, 0.15) is 24.4 Å². The minimum atomic E-state index is 0.407. The van der Waals surface area contributed by atoms with Gasteiger partial charge in [-0.1, -0.05) is 41.9 Å². The average molecular weight is 406 g/mol. The van der Waals surface area contributed by atoms with Crippen molar-refractivity contribution in [2.75, 3.05) is 13.1 Å². The van der Waals surface area contributed by atoms with Gasteiger partial charge in [-0.2, -0.15) is 5.10 Å². The summed E-state index contributed by atoms with van der Waals surface area (Å²) in [5, 5.41) is 6.09. The number of fused-ring (bicyclic) bond motifs is 1. The molecule has 4 rings (SSSR count). The lowest BCUT2D eigenvalue weighted by molar-refractivity contribution is 0.175. The molecule has 0 saturated carbocycles. The third kappa shape index (κ3) is 3.08. The molecule has 0 radical (unpaired) electrons. The van der Waals surface area contributed by atoms with Crippen LogP contribution < -0.4 is 0 Å². The quantitative estimate of drug-likeness (QED) is 0.593. The molecule has 0 spiro atoms. The van der Waals surface area contributed by atoms with Crippen LogP contribution in [-0.4, -0.2) is 32.8 Å². The lowest BCUT2D eigenvalue weighted by Crippen LogP contribution is -2.34. The highest BCUT2D eigenvalue weighted by Gasteiger charge is 2.24. The molecule has 2 aromatic heterocycles. The SMILES string of the molecule is Clc1nccc2c1c(Br)nn2C1CCN(Cc2ccccc2)CC1. The van der Waals surface area contributed by atoms with Gasteiger partial charge in [-0.25, -0.2) is 4.98 Å². The molecule has 6 heteroatoms. The first kappa shape index (κ1) is 16.1. The molecule has 0 atom stereocenters. The zero-order valence-electron chi connectivity index (χ0n) is 13.2. The Bertz CT molecular complexity index is 841. The number of halogens is 2. The van der Waals surface area contributed by atoms with Gasteiger partial charge in [-0.15, -0.1) is 0 Å². The normalized spacial score (nSPS) is 16.8. The lowest BCUT2D eigenvalue weighted by atomic mass is 10.0. The molecule has 24 heavy (non-hydrogen) atoms. The largest absolute Gasteiger partial charge is 0.299 e. The van der Waals surface area contributed by atoms with Gasteiger partial charge in [0.05, 0.1) is 16.9 Å². The van der Waals surface area contributed by atoms with Crippen LogP contribution in [0.3, 0.4) is 0 Å². The van der Waals surface area contributed by atoms with E-state index in [-0.39, 0.29) is 0 Å². The molecule has 1 fully saturated rings. The lowest BCUT2D eigenvalue weighted by Gasteiger charge is -2.32. The first-order chi connectivity index (χ1) is 11.7. The fourth-order valence-electron chi connectivity index (χ4n) is 3.45. The Morgan fingerprint density at radius 1 is 1.12 bits per heavy atom. The van der Waals surface area contributed by atoms with E-state index >= 15 is 0 Å². The van der Waals surface area contributed by atoms with Crippen molar-refractivity contribution in [1.29, 1.82) is 0 Å². The summed E-state index contributed by atoms with van der Waals surface area (Å²) in [6, 6.07) is 13.1. The van der Waals surface area contributed by atoms with Gasteiger partial charge in [0, 0.05) is 25.8 Å². The van der Waals surface area contributed by atoms with E-state index in [4.69, 9.17) is 11.6 Å². The number of nitrogens with zero attached hydrogens (tertiary/aromatic N) is 4. The minimum Gasteiger partial charge on any atom is -0.299 e. The topological polar surface area (TPSA) is 34.0 Å². The van der Waals surface area contributed by atoms with Crippen molar-refractivity contribution in [2.45, 2.75) is 25.4 Å². The number of pyridine rings is 1. The van der Waals surface area contributed by atoms with Gasteiger partial charge in [0.1, 0.15) is 9.76 Å². The van der Waals surface area contributed by atoms with Crippen molar-refractivity contribution < 1.29 is 0 Å². The second-order valence-electron chi connectivity index (χ2n) is 6.22. The Hall–Kier alpha value is -1.43. The molecule has 4 nitrogen and oxygen atoms in total. The number of likely N-dealkylation sites (tertiary alicyclic amines) is 1. The summed E-state index contributed by atoms with van der Waals surface area (Å²) in [5.41, 5.74) is 2.43. The van der Waals surface area contributed by atoms with Crippen molar-refractivity contribution in [3.05, 3.63) is 57.9 Å². The molecular weight excluding hydrogens is 388 g/mol. The Kier molecular flexibility index (Phi) is 4.57. The molecule has 0 aliphatic carbocycles. The number of hydrogen-bond donors (Lipinski definition) is 0. The van der Waals surface area contributed by atoms with Crippen LogP contribution in [0.2, 0.25) is 5.15 Å². The van der Waals surface area contributed by atoms with Crippen LogP contribution in [0.5, 0.6) is 0 Å². The second kappa shape index (κ2) is 6.82. The van der Waals surface area contributed by atoms with E-state index < -0.39 is 0 Å². The smallest absolute Gasteiger partial charge is 0.141 e. The van der Waals surface area contributed by atoms with E-state index in [0.717, 1.165) is 48.0 Å². The summed E-state index contributed by atoms with van der Waals surface area (Å²) < 4.78 is 2.90. The molecule has 0 bridgehead atoms. The predicted molar refractivity (Wildman–Crippen MR) is 100 cm³/mol. The fraction of sp³-hybridized carbons (Fsp3) is 0.333. The van der Waals surface area contributed by atoms with Crippen LogP contribution in [0.4, 0.5) is 0 Å². The minimum absolute atomic E-state index is 0.407. The maximum Gasteiger partial charge on any atom is 0.141 e. The van der Waals surface area contributed by atoms with Crippen molar-refractivity contribution in [3.63, 3.8) is 0 Å². The number of rotatable bonds is 3. The summed E-state index contributed by atoms with van der Waals surface area (Å²) in [7, 11) is 0. The molecule has 1 aliphatic heterocycles. The fourth-order valence-corrected chi connectivity index (χ4v) is 4.37. The number of aromatic nitrogens is 3. The Balaban J connectivity index is 1.49. The van der Waals surface area contributed by atoms with Gasteiger partial charge >= 0.3 is 0 Å². The van der Waals surface area contributed by atoms with Gasteiger partial charge in [0.2, 0.25) is 0 Å². The third-order valence-electron chi connectivity index (χ3n) is 4.68. The molecule has 0 N–H and O–H groups in total. The Morgan fingerprint density at radius 2 is 1.88 bits per heavy atom. The van der Waals surface area contributed by atoms with Crippen molar-refractivity contribution in [3.8, 4) is 0 Å². The molecule has 1 aromatic carbocycles. The van der Waals surface area contributed by atoms with Gasteiger partial charge < -0.3 is 0 Å². The number of hydrogen-bond acceptors (Lipinski definition) is 3.